The summed E-state index contributed by atoms with van der Waals surface area (Å²) < 4.78 is 0. The van der Waals surface area contributed by atoms with Gasteiger partial charge in [0.15, 0.2) is 5.84 Å². The average molecular weight is 342 g/mol. The summed E-state index contributed by atoms with van der Waals surface area (Å²) in [6.07, 6.45) is 9.20. The molecule has 5 N–H and O–H groups in total. The summed E-state index contributed by atoms with van der Waals surface area (Å²) in [6, 6.07) is 0. The maximum absolute atomic E-state index is 7.82. The van der Waals surface area contributed by atoms with Crippen LogP contribution in [-0.2, 0) is 0 Å². The number of aliphatic imine (C=N–C) groups is 3. The summed E-state index contributed by atoms with van der Waals surface area (Å²) >= 11 is 1.45. The van der Waals surface area contributed by atoms with Gasteiger partial charge in [-0.25, -0.2) is 9.98 Å². The summed E-state index contributed by atoms with van der Waals surface area (Å²) in [5.74, 6) is 7.27. The number of allylic oxidation sites excluding steroid dienone is 2. The molecular formula is C15H18N8S. The Labute approximate surface area is 143 Å². The molecule has 9 heteroatoms. The number of fused-ring (bicyclic) bond motifs is 1. The van der Waals surface area contributed by atoms with Crippen LogP contribution in [0, 0.1) is 11.3 Å². The molecule has 2 aliphatic rings. The Morgan fingerprint density at radius 1 is 1.46 bits per heavy atom. The number of hydrogen-bond donors (Lipinski definition) is 3. The Bertz CT molecular complexity index is 811. The lowest BCUT2D eigenvalue weighted by Crippen LogP contribution is -2.26. The average Bonchev–Trinajstić information content (AvgIpc) is 3.13. The Morgan fingerprint density at radius 3 is 3.00 bits per heavy atom. The molecule has 2 aliphatic heterocycles. The van der Waals surface area contributed by atoms with Crippen LogP contribution in [0.1, 0.15) is 18.9 Å². The first kappa shape index (κ1) is 16.2. The molecule has 0 amide bonds. The molecule has 3 rings (SSSR count). The molecule has 0 bridgehead atoms. The number of nitrogens with one attached hydrogen (secondary N) is 1. The number of nitrogens with two attached hydrogens (primary N) is 2. The molecule has 0 aliphatic carbocycles. The summed E-state index contributed by atoms with van der Waals surface area (Å²) in [6.45, 7) is 2.00. The number of nitrogens with zero attached hydrogens (tertiary/aromatic N) is 5. The van der Waals surface area contributed by atoms with E-state index in [4.69, 9.17) is 17.0 Å². The SMILES string of the molecule is CCSC(=N)CC(N)=NC1=NC=CC2C(c3cnn(N)c3)=CN=C12. The monoisotopic (exact) mass is 342 g/mol. The van der Waals surface area contributed by atoms with Crippen LogP contribution < -0.4 is 11.6 Å². The molecule has 124 valence electrons. The van der Waals surface area contributed by atoms with E-state index in [9.17, 15) is 0 Å². The summed E-state index contributed by atoms with van der Waals surface area (Å²) in [4.78, 5) is 14.4. The van der Waals surface area contributed by atoms with Crippen LogP contribution in [0.2, 0.25) is 0 Å². The highest BCUT2D eigenvalue weighted by molar-refractivity contribution is 8.13. The number of nitrogen functional groups attached to an aromatic ring is 1. The van der Waals surface area contributed by atoms with E-state index >= 15 is 0 Å². The summed E-state index contributed by atoms with van der Waals surface area (Å²) in [5.41, 5.74) is 8.60. The molecule has 1 aromatic heterocycles. The van der Waals surface area contributed by atoms with Crippen LogP contribution in [0.3, 0.4) is 0 Å². The second kappa shape index (κ2) is 6.83. The quantitative estimate of drug-likeness (QED) is 0.434. The lowest BCUT2D eigenvalue weighted by molar-refractivity contribution is 0.832. The van der Waals surface area contributed by atoms with Gasteiger partial charge in [-0.2, -0.15) is 9.89 Å². The standard InChI is InChI=1S/C15H18N8S/c1-2-24-13(17)5-12(16)22-15-14-10(3-4-19-15)11(7-20-14)9-6-21-23(18)8-9/h3-4,6-8,10,17H,2,5,18H2,1H3,(H2,16,19,22). The van der Waals surface area contributed by atoms with Crippen molar-refractivity contribution in [2.75, 3.05) is 11.6 Å². The van der Waals surface area contributed by atoms with E-state index in [-0.39, 0.29) is 5.92 Å². The minimum absolute atomic E-state index is 0.0391. The molecule has 3 heterocycles. The van der Waals surface area contributed by atoms with Crippen molar-refractivity contribution in [3.8, 4) is 0 Å². The van der Waals surface area contributed by atoms with E-state index in [0.29, 0.717) is 23.1 Å². The molecule has 1 unspecified atom stereocenters. The van der Waals surface area contributed by atoms with Crippen LogP contribution in [0.15, 0.2) is 45.8 Å². The van der Waals surface area contributed by atoms with E-state index in [2.05, 4.69) is 20.1 Å². The Balaban J connectivity index is 1.76. The molecule has 0 saturated heterocycles. The molecule has 8 nitrogen and oxygen atoms in total. The van der Waals surface area contributed by atoms with Gasteiger partial charge in [-0.3, -0.25) is 10.4 Å². The first-order valence-corrected chi connectivity index (χ1v) is 8.43. The third-order valence-electron chi connectivity index (χ3n) is 3.52. The third kappa shape index (κ3) is 3.30. The molecule has 0 radical (unpaired) electrons. The van der Waals surface area contributed by atoms with Crippen LogP contribution in [0.5, 0.6) is 0 Å². The van der Waals surface area contributed by atoms with Crippen molar-refractivity contribution < 1.29 is 0 Å². The minimum atomic E-state index is -0.0391. The van der Waals surface area contributed by atoms with Gasteiger partial charge in [0.2, 0.25) is 0 Å². The van der Waals surface area contributed by atoms with Crippen molar-refractivity contribution in [2.24, 2.45) is 26.6 Å². The first-order valence-electron chi connectivity index (χ1n) is 7.44. The number of hydrogen-bond acceptors (Lipinski definition) is 7. The van der Waals surface area contributed by atoms with E-state index < -0.39 is 0 Å². The normalized spacial score (nSPS) is 19.6. The Hall–Kier alpha value is -2.68. The second-order valence-corrected chi connectivity index (χ2v) is 6.57. The van der Waals surface area contributed by atoms with Crippen molar-refractivity contribution in [3.63, 3.8) is 0 Å². The zero-order valence-electron chi connectivity index (χ0n) is 13.2. The molecule has 1 atom stereocenters. The number of rotatable bonds is 4. The zero-order chi connectivity index (χ0) is 17.1. The Kier molecular flexibility index (Phi) is 4.61. The number of thioether (sulfide) groups is 1. The predicted octanol–water partition coefficient (Wildman–Crippen LogP) is 1.41. The van der Waals surface area contributed by atoms with E-state index in [1.165, 1.54) is 16.6 Å². The van der Waals surface area contributed by atoms with E-state index in [1.54, 1.807) is 24.8 Å². The highest BCUT2D eigenvalue weighted by Crippen LogP contribution is 2.32. The van der Waals surface area contributed by atoms with E-state index in [0.717, 1.165) is 22.6 Å². The number of amidine groups is 2. The maximum Gasteiger partial charge on any atom is 0.176 e. The van der Waals surface area contributed by atoms with Gasteiger partial charge in [0.1, 0.15) is 5.84 Å². The molecule has 0 spiro atoms. The van der Waals surface area contributed by atoms with Gasteiger partial charge in [0.05, 0.1) is 35.5 Å². The highest BCUT2D eigenvalue weighted by atomic mass is 32.2. The van der Waals surface area contributed by atoms with Crippen molar-refractivity contribution in [1.82, 2.24) is 9.89 Å². The molecule has 1 aromatic rings. The molecule has 24 heavy (non-hydrogen) atoms. The topological polar surface area (TPSA) is 131 Å². The molecule has 0 fully saturated rings. The second-order valence-electron chi connectivity index (χ2n) is 5.22. The van der Waals surface area contributed by atoms with Crippen LogP contribution in [0.25, 0.3) is 5.57 Å². The molecule has 0 saturated carbocycles. The fourth-order valence-electron chi connectivity index (χ4n) is 2.50. The van der Waals surface area contributed by atoms with Gasteiger partial charge >= 0.3 is 0 Å². The van der Waals surface area contributed by atoms with E-state index in [1.807, 2.05) is 13.0 Å². The van der Waals surface area contributed by atoms with Gasteiger partial charge in [0, 0.05) is 18.0 Å². The summed E-state index contributed by atoms with van der Waals surface area (Å²) in [7, 11) is 0. The fraction of sp³-hybridized carbons (Fsp3) is 0.267. The zero-order valence-corrected chi connectivity index (χ0v) is 14.0. The van der Waals surface area contributed by atoms with Gasteiger partial charge in [-0.1, -0.05) is 13.0 Å². The van der Waals surface area contributed by atoms with Crippen molar-refractivity contribution >= 4 is 39.8 Å². The van der Waals surface area contributed by atoms with Gasteiger partial charge in [-0.15, -0.1) is 11.8 Å². The molecule has 0 aromatic carbocycles. The van der Waals surface area contributed by atoms with Crippen LogP contribution in [0.4, 0.5) is 0 Å². The first-order chi connectivity index (χ1) is 11.6. The highest BCUT2D eigenvalue weighted by Gasteiger charge is 2.30. The smallest absolute Gasteiger partial charge is 0.176 e. The number of aromatic nitrogens is 2. The summed E-state index contributed by atoms with van der Waals surface area (Å²) in [5, 5.41) is 12.3. The minimum Gasteiger partial charge on any atom is -0.387 e. The Morgan fingerprint density at radius 2 is 2.29 bits per heavy atom. The van der Waals surface area contributed by atoms with Crippen LogP contribution in [-0.4, -0.2) is 38.1 Å². The largest absolute Gasteiger partial charge is 0.387 e. The fourth-order valence-corrected chi connectivity index (χ4v) is 3.10. The third-order valence-corrected chi connectivity index (χ3v) is 4.30. The predicted molar refractivity (Wildman–Crippen MR) is 100.0 cm³/mol. The van der Waals surface area contributed by atoms with Crippen molar-refractivity contribution in [3.05, 3.63) is 36.4 Å². The van der Waals surface area contributed by atoms with Gasteiger partial charge in [-0.05, 0) is 11.3 Å². The van der Waals surface area contributed by atoms with Gasteiger partial charge < -0.3 is 11.6 Å². The lowest BCUT2D eigenvalue weighted by Gasteiger charge is -2.15. The van der Waals surface area contributed by atoms with Gasteiger partial charge in [0.25, 0.3) is 0 Å². The molecular weight excluding hydrogens is 324 g/mol. The maximum atomic E-state index is 7.82. The lowest BCUT2D eigenvalue weighted by atomic mass is 9.91. The van der Waals surface area contributed by atoms with Crippen molar-refractivity contribution in [1.29, 1.82) is 5.41 Å². The van der Waals surface area contributed by atoms with Crippen LogP contribution >= 0.6 is 11.8 Å². The van der Waals surface area contributed by atoms with Crippen molar-refractivity contribution in [2.45, 2.75) is 13.3 Å².